The van der Waals surface area contributed by atoms with E-state index in [1.807, 2.05) is 6.07 Å². The van der Waals surface area contributed by atoms with Crippen molar-refractivity contribution in [2.24, 2.45) is 0 Å². The molecule has 1 heterocycles. The second-order valence-electron chi connectivity index (χ2n) is 4.21. The van der Waals surface area contributed by atoms with Crippen LogP contribution in [0.2, 0.25) is 5.02 Å². The lowest BCUT2D eigenvalue weighted by Gasteiger charge is -2.20. The molecule has 3 heteroatoms. The maximum Gasteiger partial charge on any atom is 0.0637 e. The van der Waals surface area contributed by atoms with Crippen LogP contribution in [-0.4, -0.2) is 11.5 Å². The summed E-state index contributed by atoms with van der Waals surface area (Å²) in [5.74, 6) is 0. The van der Waals surface area contributed by atoms with Crippen molar-refractivity contribution >= 4 is 11.6 Å². The molecule has 0 aromatic carbocycles. The predicted molar refractivity (Wildman–Crippen MR) is 74.3 cm³/mol. The fourth-order valence-electron chi connectivity index (χ4n) is 1.71. The lowest BCUT2D eigenvalue weighted by atomic mass is 9.99. The van der Waals surface area contributed by atoms with Crippen molar-refractivity contribution in [3.05, 3.63) is 41.2 Å². The van der Waals surface area contributed by atoms with Crippen LogP contribution in [0.4, 0.5) is 0 Å². The average Bonchev–Trinajstić information content (AvgIpc) is 2.35. The van der Waals surface area contributed by atoms with E-state index >= 15 is 0 Å². The van der Waals surface area contributed by atoms with E-state index < -0.39 is 0 Å². The Morgan fingerprint density at radius 3 is 2.88 bits per heavy atom. The third-order valence-electron chi connectivity index (χ3n) is 2.81. The van der Waals surface area contributed by atoms with E-state index in [2.05, 4.69) is 30.7 Å². The molecule has 0 saturated carbocycles. The minimum atomic E-state index is 0.248. The SMILES string of the molecule is C=C(CC)CC(NCCC)c1ccncc1Cl. The summed E-state index contributed by atoms with van der Waals surface area (Å²) >= 11 is 6.19. The topological polar surface area (TPSA) is 24.9 Å². The molecule has 2 nitrogen and oxygen atoms in total. The maximum atomic E-state index is 6.19. The van der Waals surface area contributed by atoms with Crippen molar-refractivity contribution < 1.29 is 0 Å². The minimum Gasteiger partial charge on any atom is -0.310 e. The summed E-state index contributed by atoms with van der Waals surface area (Å²) in [5.41, 5.74) is 2.36. The van der Waals surface area contributed by atoms with Crippen LogP contribution in [0.25, 0.3) is 0 Å². The first kappa shape index (κ1) is 14.2. The van der Waals surface area contributed by atoms with E-state index in [-0.39, 0.29) is 6.04 Å². The second-order valence-corrected chi connectivity index (χ2v) is 4.62. The largest absolute Gasteiger partial charge is 0.310 e. The molecule has 0 aliphatic heterocycles. The Hall–Kier alpha value is -0.860. The lowest BCUT2D eigenvalue weighted by molar-refractivity contribution is 0.523. The van der Waals surface area contributed by atoms with Crippen molar-refractivity contribution in [2.75, 3.05) is 6.54 Å². The van der Waals surface area contributed by atoms with Crippen molar-refractivity contribution in [3.63, 3.8) is 0 Å². The molecule has 0 aliphatic carbocycles. The highest BCUT2D eigenvalue weighted by Crippen LogP contribution is 2.27. The molecular weight excluding hydrogens is 232 g/mol. The summed E-state index contributed by atoms with van der Waals surface area (Å²) in [6, 6.07) is 2.23. The van der Waals surface area contributed by atoms with Crippen molar-refractivity contribution in [1.82, 2.24) is 10.3 Å². The van der Waals surface area contributed by atoms with Gasteiger partial charge in [0.25, 0.3) is 0 Å². The third kappa shape index (κ3) is 4.49. The molecule has 0 aliphatic rings. The van der Waals surface area contributed by atoms with Crippen LogP contribution in [0, 0.1) is 0 Å². The standard InChI is InChI=1S/C14H21ClN2/c1-4-7-17-14(9-11(3)5-2)12-6-8-16-10-13(12)15/h6,8,10,14,17H,3-5,7,9H2,1-2H3. The predicted octanol–water partition coefficient (Wildman–Crippen LogP) is 4.13. The van der Waals surface area contributed by atoms with E-state index in [9.17, 15) is 0 Å². The Kier molecular flexibility index (Phi) is 6.23. The highest BCUT2D eigenvalue weighted by Gasteiger charge is 2.14. The minimum absolute atomic E-state index is 0.248. The van der Waals surface area contributed by atoms with Crippen LogP contribution < -0.4 is 5.32 Å². The van der Waals surface area contributed by atoms with Gasteiger partial charge in [0.05, 0.1) is 5.02 Å². The van der Waals surface area contributed by atoms with Gasteiger partial charge in [-0.05, 0) is 37.4 Å². The number of nitrogens with zero attached hydrogens (tertiary/aromatic N) is 1. The van der Waals surface area contributed by atoms with Crippen molar-refractivity contribution in [1.29, 1.82) is 0 Å². The Morgan fingerprint density at radius 2 is 2.29 bits per heavy atom. The van der Waals surface area contributed by atoms with Crippen LogP contribution in [0.15, 0.2) is 30.6 Å². The monoisotopic (exact) mass is 252 g/mol. The van der Waals surface area contributed by atoms with Crippen LogP contribution >= 0.6 is 11.6 Å². The summed E-state index contributed by atoms with van der Waals surface area (Å²) in [6.45, 7) is 9.36. The van der Waals surface area contributed by atoms with Gasteiger partial charge in [-0.2, -0.15) is 0 Å². The number of hydrogen-bond acceptors (Lipinski definition) is 2. The first-order chi connectivity index (χ1) is 8.19. The van der Waals surface area contributed by atoms with Gasteiger partial charge in [-0.3, -0.25) is 4.98 Å². The van der Waals surface area contributed by atoms with Crippen LogP contribution in [-0.2, 0) is 0 Å². The van der Waals surface area contributed by atoms with Gasteiger partial charge in [0.2, 0.25) is 0 Å². The van der Waals surface area contributed by atoms with E-state index in [4.69, 9.17) is 11.6 Å². The molecule has 1 unspecified atom stereocenters. The number of pyridine rings is 1. The lowest BCUT2D eigenvalue weighted by Crippen LogP contribution is -2.23. The quantitative estimate of drug-likeness (QED) is 0.738. The summed E-state index contributed by atoms with van der Waals surface area (Å²) in [7, 11) is 0. The molecule has 17 heavy (non-hydrogen) atoms. The summed E-state index contributed by atoms with van der Waals surface area (Å²) < 4.78 is 0. The van der Waals surface area contributed by atoms with Gasteiger partial charge in [0.15, 0.2) is 0 Å². The van der Waals surface area contributed by atoms with Crippen LogP contribution in [0.1, 0.15) is 44.7 Å². The van der Waals surface area contributed by atoms with Gasteiger partial charge >= 0.3 is 0 Å². The van der Waals surface area contributed by atoms with E-state index in [0.29, 0.717) is 0 Å². The highest BCUT2D eigenvalue weighted by atomic mass is 35.5. The third-order valence-corrected chi connectivity index (χ3v) is 3.13. The van der Waals surface area contributed by atoms with Gasteiger partial charge in [-0.25, -0.2) is 0 Å². The van der Waals surface area contributed by atoms with E-state index in [0.717, 1.165) is 36.4 Å². The maximum absolute atomic E-state index is 6.19. The molecular formula is C14H21ClN2. The molecule has 0 radical (unpaired) electrons. The fourth-order valence-corrected chi connectivity index (χ4v) is 1.96. The summed E-state index contributed by atoms with van der Waals surface area (Å²) in [4.78, 5) is 4.02. The van der Waals surface area contributed by atoms with E-state index in [1.165, 1.54) is 5.57 Å². The molecule has 1 aromatic rings. The van der Waals surface area contributed by atoms with E-state index in [1.54, 1.807) is 12.4 Å². The number of aromatic nitrogens is 1. The average molecular weight is 253 g/mol. The fraction of sp³-hybridized carbons (Fsp3) is 0.500. The smallest absolute Gasteiger partial charge is 0.0637 e. The molecule has 1 rings (SSSR count). The van der Waals surface area contributed by atoms with Crippen molar-refractivity contribution in [3.8, 4) is 0 Å². The van der Waals surface area contributed by atoms with Crippen molar-refractivity contribution in [2.45, 2.75) is 39.2 Å². The summed E-state index contributed by atoms with van der Waals surface area (Å²) in [6.07, 6.45) is 6.54. The number of rotatable bonds is 7. The molecule has 1 atom stereocenters. The Bertz CT molecular complexity index is 363. The molecule has 0 amide bonds. The molecule has 1 N–H and O–H groups in total. The molecule has 94 valence electrons. The van der Waals surface area contributed by atoms with Gasteiger partial charge in [0, 0.05) is 18.4 Å². The highest BCUT2D eigenvalue weighted by molar-refractivity contribution is 6.31. The normalized spacial score (nSPS) is 12.4. The Labute approximate surface area is 109 Å². The van der Waals surface area contributed by atoms with Crippen LogP contribution in [0.5, 0.6) is 0 Å². The zero-order valence-electron chi connectivity index (χ0n) is 10.7. The van der Waals surface area contributed by atoms with Crippen LogP contribution in [0.3, 0.4) is 0 Å². The van der Waals surface area contributed by atoms with Gasteiger partial charge < -0.3 is 5.32 Å². The second kappa shape index (κ2) is 7.46. The van der Waals surface area contributed by atoms with Gasteiger partial charge in [0.1, 0.15) is 0 Å². The Morgan fingerprint density at radius 1 is 1.53 bits per heavy atom. The molecule has 0 bridgehead atoms. The molecule has 0 saturated heterocycles. The molecule has 0 spiro atoms. The zero-order valence-corrected chi connectivity index (χ0v) is 11.4. The van der Waals surface area contributed by atoms with Gasteiger partial charge in [-0.1, -0.05) is 37.6 Å². The summed E-state index contributed by atoms with van der Waals surface area (Å²) in [5, 5.41) is 4.25. The first-order valence-electron chi connectivity index (χ1n) is 6.18. The molecule has 0 fully saturated rings. The number of halogens is 1. The first-order valence-corrected chi connectivity index (χ1v) is 6.56. The Balaban J connectivity index is 2.81. The molecule has 1 aromatic heterocycles. The zero-order chi connectivity index (χ0) is 12.7. The number of hydrogen-bond donors (Lipinski definition) is 1. The number of nitrogens with one attached hydrogen (secondary N) is 1. The van der Waals surface area contributed by atoms with Gasteiger partial charge in [-0.15, -0.1) is 0 Å².